The molecule has 0 N–H and O–H groups in total. The average molecular weight is 171 g/mol. The predicted octanol–water partition coefficient (Wildman–Crippen LogP) is 0.184. The van der Waals surface area contributed by atoms with Crippen LogP contribution in [0.1, 0.15) is 5.56 Å². The van der Waals surface area contributed by atoms with E-state index in [0.717, 1.165) is 4.59 Å². The summed E-state index contributed by atoms with van der Waals surface area (Å²) >= 11 is 2.86. The van der Waals surface area contributed by atoms with Gasteiger partial charge < -0.3 is 0 Å². The molecule has 2 heteroatoms. The molecule has 1 aromatic rings. The summed E-state index contributed by atoms with van der Waals surface area (Å²) in [5.74, 6) is 0. The van der Waals surface area contributed by atoms with Gasteiger partial charge in [0, 0.05) is 0 Å². The molecule has 1 aromatic heterocycles. The van der Waals surface area contributed by atoms with Crippen molar-refractivity contribution in [2.45, 2.75) is 6.92 Å². The van der Waals surface area contributed by atoms with E-state index in [4.69, 9.17) is 0 Å². The van der Waals surface area contributed by atoms with Gasteiger partial charge in [0.1, 0.15) is 0 Å². The second kappa shape index (κ2) is 2.29. The third-order valence-electron chi connectivity index (χ3n) is 0.961. The minimum atomic E-state index is 0.993. The molecular weight excluding hydrogens is 165 g/mol. The molecule has 0 aromatic carbocycles. The van der Waals surface area contributed by atoms with Crippen LogP contribution < -0.4 is 4.59 Å². The number of aromatic nitrogens is 1. The zero-order valence-electron chi connectivity index (χ0n) is 4.59. The summed E-state index contributed by atoms with van der Waals surface area (Å²) in [6.45, 7) is 2.03. The van der Waals surface area contributed by atoms with Crippen LogP contribution in [0.5, 0.6) is 0 Å². The third kappa shape index (κ3) is 1.09. The first-order valence-electron chi connectivity index (χ1n) is 2.39. The Bertz CT molecular complexity index is 165. The first-order valence-corrected chi connectivity index (χ1v) is 3.25. The van der Waals surface area contributed by atoms with E-state index in [9.17, 15) is 0 Å². The van der Waals surface area contributed by atoms with Crippen molar-refractivity contribution in [2.24, 2.45) is 0 Å². The van der Waals surface area contributed by atoms with Gasteiger partial charge in [0.05, 0.1) is 0 Å². The van der Waals surface area contributed by atoms with Gasteiger partial charge in [-0.15, -0.1) is 0 Å². The number of hydrogen-bond donors (Lipinski definition) is 0. The van der Waals surface area contributed by atoms with E-state index in [0.29, 0.717) is 0 Å². The van der Waals surface area contributed by atoms with Crippen LogP contribution in [-0.4, -0.2) is 21.0 Å². The Morgan fingerprint density at radius 1 is 1.62 bits per heavy atom. The fraction of sp³-hybridized carbons (Fsp3) is 0.167. The zero-order valence-corrected chi connectivity index (χ0v) is 6.30. The molecule has 0 fully saturated rings. The van der Waals surface area contributed by atoms with Crippen LogP contribution in [0.4, 0.5) is 0 Å². The Balaban J connectivity index is 3.13. The van der Waals surface area contributed by atoms with Gasteiger partial charge in [-0.1, -0.05) is 0 Å². The molecule has 0 saturated heterocycles. The molecule has 1 heterocycles. The van der Waals surface area contributed by atoms with Crippen LogP contribution in [0.25, 0.3) is 0 Å². The molecule has 0 aliphatic carbocycles. The summed E-state index contributed by atoms with van der Waals surface area (Å²) in [4.78, 5) is 4.02. The Labute approximate surface area is 57.0 Å². The Morgan fingerprint density at radius 2 is 2.38 bits per heavy atom. The van der Waals surface area contributed by atoms with E-state index in [-0.39, 0.29) is 0 Å². The quantitative estimate of drug-likeness (QED) is 0.507. The van der Waals surface area contributed by atoms with Crippen LogP contribution in [0.3, 0.4) is 0 Å². The average Bonchev–Trinajstić information content (AvgIpc) is 1.77. The number of pyridine rings is 1. The third-order valence-corrected chi connectivity index (χ3v) is 1.86. The molecule has 1 nitrogen and oxygen atoms in total. The van der Waals surface area contributed by atoms with Crippen molar-refractivity contribution in [3.8, 4) is 0 Å². The summed E-state index contributed by atoms with van der Waals surface area (Å²) in [6.07, 6.45) is 1.78. The predicted molar refractivity (Wildman–Crippen MR) is 34.4 cm³/mol. The van der Waals surface area contributed by atoms with E-state index in [1.54, 1.807) is 6.20 Å². The van der Waals surface area contributed by atoms with Gasteiger partial charge in [0.25, 0.3) is 0 Å². The van der Waals surface area contributed by atoms with E-state index in [1.807, 2.05) is 19.1 Å². The molecule has 0 unspecified atom stereocenters. The van der Waals surface area contributed by atoms with Crippen molar-refractivity contribution in [1.82, 2.24) is 4.98 Å². The van der Waals surface area contributed by atoms with Crippen LogP contribution >= 0.6 is 0 Å². The van der Waals surface area contributed by atoms with E-state index < -0.39 is 0 Å². The summed E-state index contributed by atoms with van der Waals surface area (Å²) in [6, 6.07) is 3.95. The Morgan fingerprint density at radius 3 is 2.75 bits per heavy atom. The molecule has 8 heavy (non-hydrogen) atoms. The van der Waals surface area contributed by atoms with Gasteiger partial charge in [0.15, 0.2) is 0 Å². The second-order valence-corrected chi connectivity index (χ2v) is 2.44. The van der Waals surface area contributed by atoms with Gasteiger partial charge in [-0.2, -0.15) is 0 Å². The summed E-state index contributed by atoms with van der Waals surface area (Å²) in [5.41, 5.74) is 1.20. The minimum absolute atomic E-state index is 0.993. The number of aryl methyl sites for hydroxylation is 1. The fourth-order valence-corrected chi connectivity index (χ4v) is 0.742. The van der Waals surface area contributed by atoms with Gasteiger partial charge in [0.2, 0.25) is 0 Å². The molecule has 0 aliphatic heterocycles. The zero-order chi connectivity index (χ0) is 5.98. The molecule has 1 rings (SSSR count). The van der Waals surface area contributed by atoms with E-state index in [2.05, 4.69) is 21.0 Å². The van der Waals surface area contributed by atoms with Crippen molar-refractivity contribution in [1.29, 1.82) is 0 Å². The normalized spacial score (nSPS) is 9.12. The second-order valence-electron chi connectivity index (χ2n) is 1.63. The van der Waals surface area contributed by atoms with E-state index in [1.165, 1.54) is 5.56 Å². The SMILES string of the molecule is Cc1cccnc1[Se-]. The topological polar surface area (TPSA) is 12.9 Å². The molecule has 0 saturated carbocycles. The Kier molecular flexibility index (Phi) is 1.66. The van der Waals surface area contributed by atoms with Gasteiger partial charge in [-0.25, -0.2) is 0 Å². The monoisotopic (exact) mass is 172 g/mol. The van der Waals surface area contributed by atoms with E-state index >= 15 is 0 Å². The van der Waals surface area contributed by atoms with Crippen molar-refractivity contribution < 1.29 is 0 Å². The first-order chi connectivity index (χ1) is 3.80. The van der Waals surface area contributed by atoms with Crippen LogP contribution in [-0.2, 0) is 0 Å². The molecule has 0 spiro atoms. The van der Waals surface area contributed by atoms with Gasteiger partial charge in [-0.3, -0.25) is 0 Å². The molecule has 0 atom stereocenters. The van der Waals surface area contributed by atoms with Crippen molar-refractivity contribution in [3.05, 3.63) is 23.9 Å². The number of nitrogens with zero attached hydrogens (tertiary/aromatic N) is 1. The fourth-order valence-electron chi connectivity index (χ4n) is 0.471. The standard InChI is InChI=1S/C6H7NSe/c1-5-3-2-4-7-6(5)8/h2-4H,1H3,(H,7,8)/p-1. The summed E-state index contributed by atoms with van der Waals surface area (Å²) in [5, 5.41) is 0. The molecule has 0 amide bonds. The summed E-state index contributed by atoms with van der Waals surface area (Å²) in [7, 11) is 0. The molecule has 42 valence electrons. The van der Waals surface area contributed by atoms with Crippen molar-refractivity contribution in [2.75, 3.05) is 0 Å². The van der Waals surface area contributed by atoms with Crippen LogP contribution in [0.2, 0.25) is 0 Å². The van der Waals surface area contributed by atoms with Gasteiger partial charge in [-0.05, 0) is 0 Å². The molecular formula is C6H6NSe-. The van der Waals surface area contributed by atoms with Crippen molar-refractivity contribution >= 4 is 20.6 Å². The Hall–Kier alpha value is -0.331. The number of hydrogen-bond acceptors (Lipinski definition) is 1. The molecule has 0 radical (unpaired) electrons. The molecule has 0 aliphatic rings. The van der Waals surface area contributed by atoms with Crippen LogP contribution in [0, 0.1) is 6.92 Å². The van der Waals surface area contributed by atoms with Gasteiger partial charge >= 0.3 is 56.4 Å². The van der Waals surface area contributed by atoms with Crippen molar-refractivity contribution in [3.63, 3.8) is 0 Å². The van der Waals surface area contributed by atoms with Crippen LogP contribution in [0.15, 0.2) is 18.3 Å². The first kappa shape index (κ1) is 5.80. The number of rotatable bonds is 0. The maximum absolute atomic E-state index is 4.02. The molecule has 0 bridgehead atoms. The maximum atomic E-state index is 4.02. The summed E-state index contributed by atoms with van der Waals surface area (Å²) < 4.78 is 0.993.